The van der Waals surface area contributed by atoms with Crippen LogP contribution in [-0.2, 0) is 17.8 Å². The van der Waals surface area contributed by atoms with Gasteiger partial charge in [-0.2, -0.15) is 0 Å². The summed E-state index contributed by atoms with van der Waals surface area (Å²) in [6, 6.07) is 12.2. The van der Waals surface area contributed by atoms with Crippen molar-refractivity contribution >= 4 is 34.7 Å². The number of amides is 1. The van der Waals surface area contributed by atoms with Gasteiger partial charge in [0, 0.05) is 18.8 Å². The maximum atomic E-state index is 13.0. The van der Waals surface area contributed by atoms with Gasteiger partial charge in [-0.3, -0.25) is 4.79 Å². The second kappa shape index (κ2) is 7.25. The molecule has 134 valence electrons. The zero-order valence-electron chi connectivity index (χ0n) is 14.8. The first-order chi connectivity index (χ1) is 12.7. The minimum Gasteiger partial charge on any atom is -0.311 e. The van der Waals surface area contributed by atoms with Crippen LogP contribution in [-0.4, -0.2) is 32.5 Å². The molecule has 1 aromatic carbocycles. The molecule has 26 heavy (non-hydrogen) atoms. The van der Waals surface area contributed by atoms with Crippen molar-refractivity contribution in [1.82, 2.24) is 14.8 Å². The summed E-state index contributed by atoms with van der Waals surface area (Å²) in [5.74, 6) is 0.999. The summed E-state index contributed by atoms with van der Waals surface area (Å²) in [6.07, 6.45) is 0.924. The highest BCUT2D eigenvalue weighted by Gasteiger charge is 2.29. The van der Waals surface area contributed by atoms with Crippen molar-refractivity contribution in [3.05, 3.63) is 47.3 Å². The Hall–Kier alpha value is -2.12. The Kier molecular flexibility index (Phi) is 4.82. The molecule has 0 fully saturated rings. The number of para-hydroxylation sites is 1. The highest BCUT2D eigenvalue weighted by atomic mass is 32.2. The van der Waals surface area contributed by atoms with Gasteiger partial charge in [-0.1, -0.05) is 36.0 Å². The van der Waals surface area contributed by atoms with Gasteiger partial charge in [-0.15, -0.1) is 21.5 Å². The molecule has 0 bridgehead atoms. The van der Waals surface area contributed by atoms with Crippen molar-refractivity contribution in [2.24, 2.45) is 0 Å². The van der Waals surface area contributed by atoms with Crippen LogP contribution >= 0.6 is 23.1 Å². The Morgan fingerprint density at radius 3 is 2.88 bits per heavy atom. The predicted molar refractivity (Wildman–Crippen MR) is 107 cm³/mol. The van der Waals surface area contributed by atoms with Gasteiger partial charge in [0.25, 0.3) is 0 Å². The second-order valence-electron chi connectivity index (χ2n) is 6.16. The molecule has 0 radical (unpaired) electrons. The molecule has 0 N–H and O–H groups in total. The number of thiophene rings is 1. The van der Waals surface area contributed by atoms with Crippen LogP contribution in [0.4, 0.5) is 5.69 Å². The number of benzene rings is 1. The number of nitrogens with zero attached hydrogens (tertiary/aromatic N) is 4. The van der Waals surface area contributed by atoms with Crippen molar-refractivity contribution in [3.63, 3.8) is 0 Å². The van der Waals surface area contributed by atoms with E-state index in [-0.39, 0.29) is 11.2 Å². The first kappa shape index (κ1) is 17.3. The van der Waals surface area contributed by atoms with Gasteiger partial charge < -0.3 is 9.47 Å². The maximum Gasteiger partial charge on any atom is 0.240 e. The van der Waals surface area contributed by atoms with Crippen LogP contribution < -0.4 is 4.90 Å². The molecule has 0 aliphatic carbocycles. The van der Waals surface area contributed by atoms with E-state index in [0.717, 1.165) is 41.1 Å². The Balaban J connectivity index is 1.54. The third-order valence-corrected chi connectivity index (χ3v) is 6.49. The van der Waals surface area contributed by atoms with Gasteiger partial charge in [0.15, 0.2) is 11.0 Å². The monoisotopic (exact) mass is 384 g/mol. The van der Waals surface area contributed by atoms with E-state index in [9.17, 15) is 4.79 Å². The summed E-state index contributed by atoms with van der Waals surface area (Å²) in [5.41, 5.74) is 2.29. The van der Waals surface area contributed by atoms with Crippen LogP contribution in [0, 0.1) is 0 Å². The molecule has 3 heterocycles. The molecule has 1 aliphatic heterocycles. The van der Waals surface area contributed by atoms with E-state index in [1.54, 1.807) is 11.3 Å². The van der Waals surface area contributed by atoms with E-state index in [0.29, 0.717) is 0 Å². The first-order valence-electron chi connectivity index (χ1n) is 8.72. The SMILES string of the molecule is CCn1c(S[C@H](C)C(=O)N2CCc3ccccc32)nnc1-c1cccs1. The second-order valence-corrected chi connectivity index (χ2v) is 8.41. The van der Waals surface area contributed by atoms with Crippen LogP contribution in [0.25, 0.3) is 10.7 Å². The van der Waals surface area contributed by atoms with Gasteiger partial charge >= 0.3 is 0 Å². The molecule has 1 amide bonds. The molecule has 1 atom stereocenters. The molecule has 5 nitrogen and oxygen atoms in total. The standard InChI is InChI=1S/C19H20N4OS2/c1-3-22-17(16-9-6-12-25-16)20-21-19(22)26-13(2)18(24)23-11-10-14-7-4-5-8-15(14)23/h4-9,12-13H,3,10-11H2,1-2H3/t13-/m1/s1. The number of carbonyl (C=O) groups excluding carboxylic acids is 1. The summed E-state index contributed by atoms with van der Waals surface area (Å²) in [4.78, 5) is 16.0. The van der Waals surface area contributed by atoms with E-state index in [4.69, 9.17) is 0 Å². The maximum absolute atomic E-state index is 13.0. The molecular weight excluding hydrogens is 364 g/mol. The van der Waals surface area contributed by atoms with Gasteiger partial charge in [-0.05, 0) is 43.3 Å². The lowest BCUT2D eigenvalue weighted by Crippen LogP contribution is -2.35. The van der Waals surface area contributed by atoms with Crippen LogP contribution in [0.15, 0.2) is 46.9 Å². The average molecular weight is 385 g/mol. The van der Waals surface area contributed by atoms with Crippen molar-refractivity contribution in [2.75, 3.05) is 11.4 Å². The summed E-state index contributed by atoms with van der Waals surface area (Å²) < 4.78 is 2.08. The summed E-state index contributed by atoms with van der Waals surface area (Å²) in [5, 5.41) is 11.3. The van der Waals surface area contributed by atoms with E-state index in [1.807, 2.05) is 47.5 Å². The highest BCUT2D eigenvalue weighted by Crippen LogP contribution is 2.33. The fourth-order valence-electron chi connectivity index (χ4n) is 3.24. The number of anilines is 1. The summed E-state index contributed by atoms with van der Waals surface area (Å²) in [7, 11) is 0. The normalized spacial score (nSPS) is 14.5. The minimum atomic E-state index is -0.216. The molecule has 0 spiro atoms. The number of thioether (sulfide) groups is 1. The number of carbonyl (C=O) groups is 1. The molecule has 2 aromatic heterocycles. The fraction of sp³-hybridized carbons (Fsp3) is 0.316. The third-order valence-electron chi connectivity index (χ3n) is 4.56. The van der Waals surface area contributed by atoms with Crippen LogP contribution in [0.3, 0.4) is 0 Å². The molecule has 7 heteroatoms. The number of hydrogen-bond donors (Lipinski definition) is 0. The topological polar surface area (TPSA) is 51.0 Å². The van der Waals surface area contributed by atoms with Crippen LogP contribution in [0.5, 0.6) is 0 Å². The Labute approximate surface area is 161 Å². The van der Waals surface area contributed by atoms with Crippen LogP contribution in [0.2, 0.25) is 0 Å². The first-order valence-corrected chi connectivity index (χ1v) is 10.5. The Morgan fingerprint density at radius 1 is 1.27 bits per heavy atom. The largest absolute Gasteiger partial charge is 0.311 e. The minimum absolute atomic E-state index is 0.128. The van der Waals surface area contributed by atoms with Gasteiger partial charge in [-0.25, -0.2) is 0 Å². The number of fused-ring (bicyclic) bond motifs is 1. The Bertz CT molecular complexity index is 920. The number of rotatable bonds is 5. The quantitative estimate of drug-likeness (QED) is 0.622. The molecule has 3 aromatic rings. The smallest absolute Gasteiger partial charge is 0.240 e. The number of hydrogen-bond acceptors (Lipinski definition) is 5. The van der Waals surface area contributed by atoms with Gasteiger partial charge in [0.2, 0.25) is 5.91 Å². The van der Waals surface area contributed by atoms with E-state index in [1.165, 1.54) is 17.3 Å². The lowest BCUT2D eigenvalue weighted by atomic mass is 10.2. The van der Waals surface area contributed by atoms with E-state index in [2.05, 4.69) is 27.8 Å². The Morgan fingerprint density at radius 2 is 2.12 bits per heavy atom. The van der Waals surface area contributed by atoms with Crippen molar-refractivity contribution < 1.29 is 4.79 Å². The molecule has 1 aliphatic rings. The van der Waals surface area contributed by atoms with Crippen molar-refractivity contribution in [1.29, 1.82) is 0 Å². The number of aromatic nitrogens is 3. The highest BCUT2D eigenvalue weighted by molar-refractivity contribution is 8.00. The average Bonchev–Trinajstić information content (AvgIpc) is 3.39. The lowest BCUT2D eigenvalue weighted by molar-refractivity contribution is -0.117. The zero-order chi connectivity index (χ0) is 18.1. The predicted octanol–water partition coefficient (Wildman–Crippen LogP) is 4.10. The van der Waals surface area contributed by atoms with Crippen molar-refractivity contribution in [2.45, 2.75) is 37.2 Å². The van der Waals surface area contributed by atoms with E-state index < -0.39 is 0 Å². The zero-order valence-corrected chi connectivity index (χ0v) is 16.4. The molecule has 4 rings (SSSR count). The molecule has 0 saturated carbocycles. The summed E-state index contributed by atoms with van der Waals surface area (Å²) >= 11 is 3.13. The summed E-state index contributed by atoms with van der Waals surface area (Å²) in [6.45, 7) is 5.56. The van der Waals surface area contributed by atoms with Gasteiger partial charge in [0.1, 0.15) is 0 Å². The van der Waals surface area contributed by atoms with Crippen molar-refractivity contribution in [3.8, 4) is 10.7 Å². The fourth-order valence-corrected chi connectivity index (χ4v) is 4.94. The lowest BCUT2D eigenvalue weighted by Gasteiger charge is -2.21. The molecular formula is C19H20N4OS2. The van der Waals surface area contributed by atoms with Gasteiger partial charge in [0.05, 0.1) is 10.1 Å². The third kappa shape index (κ3) is 3.05. The van der Waals surface area contributed by atoms with Crippen LogP contribution in [0.1, 0.15) is 19.4 Å². The molecule has 0 saturated heterocycles. The van der Waals surface area contributed by atoms with E-state index >= 15 is 0 Å². The molecule has 0 unspecified atom stereocenters.